The quantitative estimate of drug-likeness (QED) is 0.722. The van der Waals surface area contributed by atoms with E-state index in [1.165, 1.54) is 25.7 Å². The van der Waals surface area contributed by atoms with Crippen molar-refractivity contribution in [2.24, 2.45) is 16.3 Å². The minimum atomic E-state index is 0.464. The lowest BCUT2D eigenvalue weighted by Crippen LogP contribution is -2.23. The maximum absolute atomic E-state index is 8.63. The van der Waals surface area contributed by atoms with Crippen LogP contribution in [0.25, 0.3) is 0 Å². The van der Waals surface area contributed by atoms with Crippen LogP contribution < -0.4 is 0 Å². The molecule has 0 spiro atoms. The number of benzene rings is 1. The summed E-state index contributed by atoms with van der Waals surface area (Å²) in [5.74, 6) is 0.613. The van der Waals surface area contributed by atoms with Gasteiger partial charge >= 0.3 is 0 Å². The number of hydrogen-bond donors (Lipinski definition) is 0. The lowest BCUT2D eigenvalue weighted by molar-refractivity contribution is 0.218. The summed E-state index contributed by atoms with van der Waals surface area (Å²) in [6.45, 7) is 4.70. The van der Waals surface area contributed by atoms with Crippen LogP contribution in [0.15, 0.2) is 29.3 Å². The lowest BCUT2D eigenvalue weighted by atomic mass is 9.73. The molecule has 1 saturated carbocycles. The van der Waals surface area contributed by atoms with Crippen LogP contribution in [0.2, 0.25) is 0 Å². The van der Waals surface area contributed by atoms with Gasteiger partial charge in [-0.15, -0.1) is 0 Å². The van der Waals surface area contributed by atoms with Crippen molar-refractivity contribution in [1.29, 1.82) is 5.26 Å². The molecule has 0 unspecified atom stereocenters. The first-order chi connectivity index (χ1) is 9.09. The number of aliphatic imine (C=N–C) groups is 1. The van der Waals surface area contributed by atoms with Crippen molar-refractivity contribution in [1.82, 2.24) is 0 Å². The first-order valence-electron chi connectivity index (χ1n) is 7.09. The average Bonchev–Trinajstić information content (AvgIpc) is 2.37. The third kappa shape index (κ3) is 4.21. The maximum Gasteiger partial charge on any atom is 0.0669 e. The summed E-state index contributed by atoms with van der Waals surface area (Å²) in [5.41, 5.74) is 2.51. The molecule has 2 rings (SSSR count). The van der Waals surface area contributed by atoms with Crippen molar-refractivity contribution in [2.45, 2.75) is 46.0 Å². The third-order valence-electron chi connectivity index (χ3n) is 3.90. The largest absolute Gasteiger partial charge is 0.261 e. The molecular weight excluding hydrogens is 232 g/mol. The molecule has 2 heteroatoms. The highest BCUT2D eigenvalue weighted by atomic mass is 14.7. The Bertz CT molecular complexity index is 477. The van der Waals surface area contributed by atoms with Crippen molar-refractivity contribution in [3.05, 3.63) is 29.8 Å². The van der Waals surface area contributed by atoms with Crippen LogP contribution in [0.3, 0.4) is 0 Å². The van der Waals surface area contributed by atoms with Crippen molar-refractivity contribution in [2.75, 3.05) is 0 Å². The molecule has 2 nitrogen and oxygen atoms in total. The standard InChI is InChI=1S/C17H22N2/c1-17(2)10-3-4-15(12-17)13-19-16-7-5-14(6-8-16)9-11-18/h5-8,13,15H,3-4,9-10,12H2,1-2H3/t15-/m0/s1. The molecular formula is C17H22N2. The van der Waals surface area contributed by atoms with Crippen LogP contribution in [0.4, 0.5) is 5.69 Å². The van der Waals surface area contributed by atoms with E-state index in [4.69, 9.17) is 5.26 Å². The Balaban J connectivity index is 1.96. The summed E-state index contributed by atoms with van der Waals surface area (Å²) in [6, 6.07) is 10.1. The molecule has 0 aliphatic heterocycles. The first-order valence-corrected chi connectivity index (χ1v) is 7.09. The van der Waals surface area contributed by atoms with E-state index in [0.717, 1.165) is 11.3 Å². The highest BCUT2D eigenvalue weighted by Gasteiger charge is 2.26. The molecule has 19 heavy (non-hydrogen) atoms. The SMILES string of the molecule is CC1(C)CCC[C@H](C=Nc2ccc(CC#N)cc2)C1. The fourth-order valence-electron chi connectivity index (χ4n) is 2.87. The van der Waals surface area contributed by atoms with Crippen LogP contribution >= 0.6 is 0 Å². The zero-order valence-corrected chi connectivity index (χ0v) is 11.9. The summed E-state index contributed by atoms with van der Waals surface area (Å²) in [4.78, 5) is 4.59. The van der Waals surface area contributed by atoms with Gasteiger partial charge in [-0.25, -0.2) is 0 Å². The molecule has 0 saturated heterocycles. The Morgan fingerprint density at radius 3 is 2.74 bits per heavy atom. The van der Waals surface area contributed by atoms with Crippen LogP contribution in [0.5, 0.6) is 0 Å². The molecule has 0 heterocycles. The van der Waals surface area contributed by atoms with Gasteiger partial charge in [-0.2, -0.15) is 5.26 Å². The highest BCUT2D eigenvalue weighted by Crippen LogP contribution is 2.37. The van der Waals surface area contributed by atoms with Crippen LogP contribution in [0.1, 0.15) is 45.1 Å². The van der Waals surface area contributed by atoms with Crippen LogP contribution in [-0.2, 0) is 6.42 Å². The van der Waals surface area contributed by atoms with Gasteiger partial charge in [0.05, 0.1) is 18.2 Å². The maximum atomic E-state index is 8.63. The normalized spacial score (nSPS) is 22.3. The Kier molecular flexibility index (Phi) is 4.37. The van der Waals surface area contributed by atoms with Crippen LogP contribution in [0, 0.1) is 22.7 Å². The molecule has 0 bridgehead atoms. The predicted octanol–water partition coefficient (Wildman–Crippen LogP) is 4.67. The van der Waals surface area contributed by atoms with Gasteiger partial charge in [0.2, 0.25) is 0 Å². The highest BCUT2D eigenvalue weighted by molar-refractivity contribution is 5.66. The van der Waals surface area contributed by atoms with Gasteiger partial charge in [-0.3, -0.25) is 4.99 Å². The Morgan fingerprint density at radius 2 is 2.11 bits per heavy atom. The Labute approximate surface area is 116 Å². The molecule has 1 fully saturated rings. The summed E-state index contributed by atoms with van der Waals surface area (Å²) in [6.07, 6.45) is 7.74. The van der Waals surface area contributed by atoms with Gasteiger partial charge < -0.3 is 0 Å². The van der Waals surface area contributed by atoms with E-state index in [1.54, 1.807) is 0 Å². The van der Waals surface area contributed by atoms with Gasteiger partial charge in [-0.1, -0.05) is 32.4 Å². The molecule has 1 aromatic carbocycles. The molecule has 0 N–H and O–H groups in total. The smallest absolute Gasteiger partial charge is 0.0669 e. The van der Waals surface area contributed by atoms with E-state index >= 15 is 0 Å². The zero-order chi connectivity index (χ0) is 13.7. The summed E-state index contributed by atoms with van der Waals surface area (Å²) in [7, 11) is 0. The van der Waals surface area contributed by atoms with Crippen molar-refractivity contribution in [3.63, 3.8) is 0 Å². The van der Waals surface area contributed by atoms with E-state index in [9.17, 15) is 0 Å². The molecule has 0 aromatic heterocycles. The second kappa shape index (κ2) is 6.02. The number of nitrogens with zero attached hydrogens (tertiary/aromatic N) is 2. The van der Waals surface area contributed by atoms with Gasteiger partial charge in [0, 0.05) is 6.21 Å². The van der Waals surface area contributed by atoms with E-state index in [2.05, 4.69) is 31.1 Å². The molecule has 1 aliphatic carbocycles. The lowest BCUT2D eigenvalue weighted by Gasteiger charge is -2.33. The van der Waals surface area contributed by atoms with E-state index in [1.807, 2.05) is 24.3 Å². The van der Waals surface area contributed by atoms with Crippen molar-refractivity contribution in [3.8, 4) is 6.07 Å². The fourth-order valence-corrected chi connectivity index (χ4v) is 2.87. The van der Waals surface area contributed by atoms with Crippen molar-refractivity contribution < 1.29 is 0 Å². The second-order valence-electron chi connectivity index (χ2n) is 6.30. The zero-order valence-electron chi connectivity index (χ0n) is 11.9. The van der Waals surface area contributed by atoms with E-state index < -0.39 is 0 Å². The molecule has 1 atom stereocenters. The molecule has 0 amide bonds. The number of nitriles is 1. The Morgan fingerprint density at radius 1 is 1.37 bits per heavy atom. The summed E-state index contributed by atoms with van der Waals surface area (Å²) >= 11 is 0. The second-order valence-corrected chi connectivity index (χ2v) is 6.30. The van der Waals surface area contributed by atoms with Gasteiger partial charge in [0.1, 0.15) is 0 Å². The molecule has 100 valence electrons. The monoisotopic (exact) mass is 254 g/mol. The average molecular weight is 254 g/mol. The van der Waals surface area contributed by atoms with Gasteiger partial charge in [0.25, 0.3) is 0 Å². The molecule has 1 aliphatic rings. The summed E-state index contributed by atoms with van der Waals surface area (Å²) < 4.78 is 0. The number of rotatable bonds is 3. The Hall–Kier alpha value is -1.62. The summed E-state index contributed by atoms with van der Waals surface area (Å²) in [5, 5.41) is 8.63. The number of hydrogen-bond acceptors (Lipinski definition) is 2. The van der Waals surface area contributed by atoms with Crippen LogP contribution in [-0.4, -0.2) is 6.21 Å². The minimum Gasteiger partial charge on any atom is -0.261 e. The topological polar surface area (TPSA) is 36.1 Å². The van der Waals surface area contributed by atoms with E-state index in [0.29, 0.717) is 17.8 Å². The molecule has 0 radical (unpaired) electrons. The minimum absolute atomic E-state index is 0.464. The van der Waals surface area contributed by atoms with Gasteiger partial charge in [-0.05, 0) is 48.3 Å². The predicted molar refractivity (Wildman–Crippen MR) is 79.7 cm³/mol. The molecule has 1 aromatic rings. The van der Waals surface area contributed by atoms with Crippen molar-refractivity contribution >= 4 is 11.9 Å². The fraction of sp³-hybridized carbons (Fsp3) is 0.529. The first kappa shape index (κ1) is 13.8. The van der Waals surface area contributed by atoms with E-state index in [-0.39, 0.29) is 0 Å². The third-order valence-corrected chi connectivity index (χ3v) is 3.90. The van der Waals surface area contributed by atoms with Gasteiger partial charge in [0.15, 0.2) is 0 Å².